The molecule has 12 rings (SSSR count). The molecule has 308 valence electrons. The molecule has 0 fully saturated rings. The standard InChI is InChI=1S/C61H40F2N2/c62-54-29-15-17-31-56(54)64(44-23-9-3-10-24-44)46-34-37-48-41(39-46)33-36-52-58-50-28-14-13-27-49(50)53-40-47(65(45-25-11-4-12-26-45)57-32-18-16-30-55(57)63)35-38-51(53)60(58)61(59(48)52,42-19-5-1-6-20-42)43-21-7-2-8-22-43/h1-40H. The summed E-state index contributed by atoms with van der Waals surface area (Å²) in [6, 6.07) is 82.2. The van der Waals surface area contributed by atoms with Crippen LogP contribution in [-0.4, -0.2) is 0 Å². The summed E-state index contributed by atoms with van der Waals surface area (Å²) in [6.07, 6.45) is 0. The predicted octanol–water partition coefficient (Wildman–Crippen LogP) is 16.7. The molecular weight excluding hydrogens is 799 g/mol. The van der Waals surface area contributed by atoms with E-state index in [1.807, 2.05) is 94.7 Å². The third-order valence-electron chi connectivity index (χ3n) is 13.2. The third kappa shape index (κ3) is 5.98. The molecule has 0 atom stereocenters. The highest BCUT2D eigenvalue weighted by atomic mass is 19.1. The first kappa shape index (κ1) is 38.3. The maximum absolute atomic E-state index is 15.9. The van der Waals surface area contributed by atoms with Gasteiger partial charge in [0.1, 0.15) is 11.6 Å². The van der Waals surface area contributed by atoms with Crippen molar-refractivity contribution in [3.8, 4) is 11.1 Å². The van der Waals surface area contributed by atoms with Gasteiger partial charge in [-0.3, -0.25) is 0 Å². The van der Waals surface area contributed by atoms with Crippen molar-refractivity contribution < 1.29 is 8.78 Å². The van der Waals surface area contributed by atoms with E-state index in [2.05, 4.69) is 133 Å². The van der Waals surface area contributed by atoms with Crippen LogP contribution in [0.4, 0.5) is 42.9 Å². The van der Waals surface area contributed by atoms with Crippen molar-refractivity contribution in [1.82, 2.24) is 0 Å². The lowest BCUT2D eigenvalue weighted by atomic mass is 9.65. The van der Waals surface area contributed by atoms with Crippen molar-refractivity contribution in [2.24, 2.45) is 0 Å². The summed E-state index contributed by atoms with van der Waals surface area (Å²) in [7, 11) is 0. The summed E-state index contributed by atoms with van der Waals surface area (Å²) in [5.41, 5.74) is 10.7. The first-order valence-electron chi connectivity index (χ1n) is 22.0. The monoisotopic (exact) mass is 838 g/mol. The lowest BCUT2D eigenvalue weighted by molar-refractivity contribution is 0.628. The fourth-order valence-corrected chi connectivity index (χ4v) is 10.6. The lowest BCUT2D eigenvalue weighted by Crippen LogP contribution is -2.29. The van der Waals surface area contributed by atoms with Gasteiger partial charge in [0.2, 0.25) is 0 Å². The second-order valence-electron chi connectivity index (χ2n) is 16.6. The number of hydrogen-bond acceptors (Lipinski definition) is 2. The van der Waals surface area contributed by atoms with Gasteiger partial charge in [0.15, 0.2) is 0 Å². The minimum atomic E-state index is -0.771. The van der Waals surface area contributed by atoms with Gasteiger partial charge in [-0.2, -0.15) is 0 Å². The van der Waals surface area contributed by atoms with Crippen LogP contribution in [0.3, 0.4) is 0 Å². The smallest absolute Gasteiger partial charge is 0.147 e. The average Bonchev–Trinajstić information content (AvgIpc) is 3.69. The Kier molecular flexibility index (Phi) is 9.13. The number of rotatable bonds is 8. The molecule has 65 heavy (non-hydrogen) atoms. The molecule has 0 bridgehead atoms. The minimum Gasteiger partial charge on any atom is -0.308 e. The molecule has 2 nitrogen and oxygen atoms in total. The Hall–Kier alpha value is -8.34. The first-order chi connectivity index (χ1) is 32.1. The van der Waals surface area contributed by atoms with Gasteiger partial charge < -0.3 is 9.80 Å². The van der Waals surface area contributed by atoms with Crippen LogP contribution in [0.1, 0.15) is 22.3 Å². The van der Waals surface area contributed by atoms with E-state index >= 15 is 8.78 Å². The Labute approximate surface area is 376 Å². The van der Waals surface area contributed by atoms with Crippen LogP contribution in [0.2, 0.25) is 0 Å². The Bertz CT molecular complexity index is 3530. The number of halogens is 2. The highest BCUT2D eigenvalue weighted by Crippen LogP contribution is 2.62. The third-order valence-corrected chi connectivity index (χ3v) is 13.2. The molecule has 0 N–H and O–H groups in total. The molecular formula is C61H40F2N2. The fourth-order valence-electron chi connectivity index (χ4n) is 10.6. The van der Waals surface area contributed by atoms with Gasteiger partial charge >= 0.3 is 0 Å². The summed E-state index contributed by atoms with van der Waals surface area (Å²) in [6.45, 7) is 0. The van der Waals surface area contributed by atoms with Crippen LogP contribution < -0.4 is 9.80 Å². The summed E-state index contributed by atoms with van der Waals surface area (Å²) >= 11 is 0. The average molecular weight is 839 g/mol. The van der Waals surface area contributed by atoms with Crippen LogP contribution in [0, 0.1) is 11.6 Å². The number of para-hydroxylation sites is 4. The van der Waals surface area contributed by atoms with Gasteiger partial charge in [0.25, 0.3) is 0 Å². The number of nitrogens with zero attached hydrogens (tertiary/aromatic N) is 2. The first-order valence-corrected chi connectivity index (χ1v) is 22.0. The minimum absolute atomic E-state index is 0.296. The normalized spacial score (nSPS) is 12.6. The van der Waals surface area contributed by atoms with Crippen LogP contribution in [0.25, 0.3) is 43.4 Å². The lowest BCUT2D eigenvalue weighted by Gasteiger charge is -2.36. The van der Waals surface area contributed by atoms with Crippen molar-refractivity contribution >= 4 is 66.4 Å². The largest absolute Gasteiger partial charge is 0.308 e. The zero-order chi connectivity index (χ0) is 43.5. The van der Waals surface area contributed by atoms with E-state index in [0.29, 0.717) is 11.4 Å². The Morgan fingerprint density at radius 3 is 1.32 bits per heavy atom. The van der Waals surface area contributed by atoms with E-state index < -0.39 is 5.41 Å². The highest BCUT2D eigenvalue weighted by Gasteiger charge is 2.49. The molecule has 0 saturated carbocycles. The maximum atomic E-state index is 15.9. The Balaban J connectivity index is 1.18. The van der Waals surface area contributed by atoms with E-state index in [9.17, 15) is 0 Å². The molecule has 11 aromatic carbocycles. The zero-order valence-corrected chi connectivity index (χ0v) is 35.2. The van der Waals surface area contributed by atoms with E-state index in [0.717, 1.165) is 66.2 Å². The molecule has 11 aromatic rings. The molecule has 0 spiro atoms. The molecule has 1 aliphatic rings. The molecule has 4 heteroatoms. The molecule has 0 aliphatic heterocycles. The number of benzene rings is 11. The van der Waals surface area contributed by atoms with E-state index in [4.69, 9.17) is 0 Å². The van der Waals surface area contributed by atoms with Crippen LogP contribution >= 0.6 is 0 Å². The molecule has 0 aromatic heterocycles. The van der Waals surface area contributed by atoms with Gasteiger partial charge in [0.05, 0.1) is 16.8 Å². The van der Waals surface area contributed by atoms with Gasteiger partial charge in [-0.05, 0) is 138 Å². The van der Waals surface area contributed by atoms with Crippen LogP contribution in [-0.2, 0) is 5.41 Å². The Morgan fingerprint density at radius 2 is 0.769 bits per heavy atom. The van der Waals surface area contributed by atoms with Crippen LogP contribution in [0.15, 0.2) is 243 Å². The van der Waals surface area contributed by atoms with Gasteiger partial charge in [-0.1, -0.05) is 170 Å². The fraction of sp³-hybridized carbons (Fsp3) is 0.0164. The maximum Gasteiger partial charge on any atom is 0.147 e. The topological polar surface area (TPSA) is 6.48 Å². The quantitative estimate of drug-likeness (QED) is 0.141. The summed E-state index contributed by atoms with van der Waals surface area (Å²) < 4.78 is 31.7. The second-order valence-corrected chi connectivity index (χ2v) is 16.6. The SMILES string of the molecule is Fc1ccccc1N(c1ccccc1)c1ccc2c3c(ccc2c1)-c1c(c2ccc(N(c4ccccc4)c4ccccc4F)cc2c2ccccc12)C3(c1ccccc1)c1ccccc1. The van der Waals surface area contributed by atoms with E-state index in [-0.39, 0.29) is 11.6 Å². The number of fused-ring (bicyclic) bond motifs is 10. The zero-order valence-electron chi connectivity index (χ0n) is 35.2. The van der Waals surface area contributed by atoms with Crippen molar-refractivity contribution in [1.29, 1.82) is 0 Å². The Morgan fingerprint density at radius 1 is 0.308 bits per heavy atom. The molecule has 0 unspecified atom stereocenters. The van der Waals surface area contributed by atoms with E-state index in [1.54, 1.807) is 12.1 Å². The van der Waals surface area contributed by atoms with Gasteiger partial charge in [0, 0.05) is 22.7 Å². The summed E-state index contributed by atoms with van der Waals surface area (Å²) in [5.74, 6) is -0.593. The van der Waals surface area contributed by atoms with Crippen molar-refractivity contribution in [2.75, 3.05) is 9.80 Å². The summed E-state index contributed by atoms with van der Waals surface area (Å²) in [4.78, 5) is 4.01. The molecule has 1 aliphatic carbocycles. The predicted molar refractivity (Wildman–Crippen MR) is 266 cm³/mol. The van der Waals surface area contributed by atoms with E-state index in [1.165, 1.54) is 34.4 Å². The molecule has 0 heterocycles. The second kappa shape index (κ2) is 15.5. The van der Waals surface area contributed by atoms with Crippen LogP contribution in [0.5, 0.6) is 0 Å². The number of anilines is 6. The molecule has 0 saturated heterocycles. The van der Waals surface area contributed by atoms with Crippen molar-refractivity contribution in [2.45, 2.75) is 5.41 Å². The van der Waals surface area contributed by atoms with Crippen molar-refractivity contribution in [3.63, 3.8) is 0 Å². The molecule has 0 amide bonds. The summed E-state index contributed by atoms with van der Waals surface area (Å²) in [5, 5.41) is 6.61. The van der Waals surface area contributed by atoms with Gasteiger partial charge in [-0.25, -0.2) is 8.78 Å². The van der Waals surface area contributed by atoms with Gasteiger partial charge in [-0.15, -0.1) is 0 Å². The highest BCUT2D eigenvalue weighted by molar-refractivity contribution is 6.21. The molecule has 0 radical (unpaired) electrons. The number of hydrogen-bond donors (Lipinski definition) is 0. The van der Waals surface area contributed by atoms with Crippen molar-refractivity contribution in [3.05, 3.63) is 277 Å².